The number of pyridine rings is 1. The monoisotopic (exact) mass is 562 g/mol. The molecular formula is C26H24Cl2N2O8. The fourth-order valence-electron chi connectivity index (χ4n) is 4.07. The molecule has 10 nitrogen and oxygen atoms in total. The summed E-state index contributed by atoms with van der Waals surface area (Å²) < 4.78 is 21.4. The van der Waals surface area contributed by atoms with Crippen molar-refractivity contribution in [3.63, 3.8) is 0 Å². The number of ether oxygens (including phenoxy) is 4. The van der Waals surface area contributed by atoms with Crippen molar-refractivity contribution in [3.8, 4) is 23.0 Å². The molecule has 0 radical (unpaired) electrons. The minimum absolute atomic E-state index is 0.0336. The van der Waals surface area contributed by atoms with E-state index in [9.17, 15) is 19.5 Å². The van der Waals surface area contributed by atoms with E-state index in [2.05, 4.69) is 10.3 Å². The number of aromatic hydroxyl groups is 1. The molecule has 0 aliphatic carbocycles. The van der Waals surface area contributed by atoms with Gasteiger partial charge in [0.15, 0.2) is 11.5 Å². The van der Waals surface area contributed by atoms with Crippen molar-refractivity contribution in [1.82, 2.24) is 10.3 Å². The largest absolute Gasteiger partial charge is 0.506 e. The zero-order valence-electron chi connectivity index (χ0n) is 20.4. The van der Waals surface area contributed by atoms with Gasteiger partial charge in [0.1, 0.15) is 11.3 Å². The van der Waals surface area contributed by atoms with Crippen molar-refractivity contribution in [1.29, 1.82) is 0 Å². The number of aromatic nitrogens is 1. The normalized spacial score (nSPS) is 12.6. The van der Waals surface area contributed by atoms with Gasteiger partial charge in [-0.3, -0.25) is 9.59 Å². The first-order valence-corrected chi connectivity index (χ1v) is 12.3. The average Bonchev–Trinajstić information content (AvgIpc) is 3.37. The maximum Gasteiger partial charge on any atom is 0.343 e. The molecule has 0 spiro atoms. The van der Waals surface area contributed by atoms with Gasteiger partial charge in [-0.25, -0.2) is 4.79 Å². The third-order valence-electron chi connectivity index (χ3n) is 5.89. The summed E-state index contributed by atoms with van der Waals surface area (Å²) in [6, 6.07) is 8.14. The number of aromatic amines is 1. The van der Waals surface area contributed by atoms with Crippen LogP contribution in [0.1, 0.15) is 46.3 Å². The number of halogens is 2. The zero-order valence-corrected chi connectivity index (χ0v) is 21.9. The van der Waals surface area contributed by atoms with E-state index in [1.807, 2.05) is 0 Å². The lowest BCUT2D eigenvalue weighted by molar-refractivity contribution is -0.121. The Morgan fingerprint density at radius 2 is 1.97 bits per heavy atom. The second-order valence-corrected chi connectivity index (χ2v) is 9.07. The van der Waals surface area contributed by atoms with Crippen LogP contribution in [0.5, 0.6) is 23.0 Å². The number of carbonyl (C=O) groups is 2. The first kappa shape index (κ1) is 27.2. The molecule has 3 aromatic rings. The first-order valence-electron chi connectivity index (χ1n) is 11.5. The standard InChI is InChI=1S/C26H24Cl2N2O8/c1-3-36-26(34)16-11-30-25(33)22(23(16)32)15(14-7-19(35-2)24-20(8-14)37-12-38-24)9-21(31)29-10-13-4-5-17(27)18(28)6-13/h4-8,11,15H,3,9-10,12H2,1-2H3,(H,29,31)(H2,30,32,33). The van der Waals surface area contributed by atoms with E-state index in [1.54, 1.807) is 37.3 Å². The Kier molecular flexibility index (Phi) is 8.33. The van der Waals surface area contributed by atoms with Crippen molar-refractivity contribution >= 4 is 35.1 Å². The van der Waals surface area contributed by atoms with Crippen LogP contribution >= 0.6 is 23.2 Å². The summed E-state index contributed by atoms with van der Waals surface area (Å²) in [4.78, 5) is 41.0. The number of rotatable bonds is 9. The predicted molar refractivity (Wildman–Crippen MR) is 139 cm³/mol. The maximum absolute atomic E-state index is 13.1. The predicted octanol–water partition coefficient (Wildman–Crippen LogP) is 4.14. The lowest BCUT2D eigenvalue weighted by Crippen LogP contribution is -2.27. The number of hydrogen-bond donors (Lipinski definition) is 3. The number of carbonyl (C=O) groups excluding carboxylic acids is 2. The molecule has 1 amide bonds. The zero-order chi connectivity index (χ0) is 27.4. The highest BCUT2D eigenvalue weighted by Crippen LogP contribution is 2.45. The summed E-state index contributed by atoms with van der Waals surface area (Å²) in [6.07, 6.45) is 0.799. The van der Waals surface area contributed by atoms with E-state index in [1.165, 1.54) is 7.11 Å². The smallest absolute Gasteiger partial charge is 0.343 e. The molecule has 2 aromatic carbocycles. The van der Waals surface area contributed by atoms with Gasteiger partial charge in [0, 0.05) is 25.1 Å². The van der Waals surface area contributed by atoms with E-state index in [0.29, 0.717) is 38.4 Å². The number of nitrogens with one attached hydrogen (secondary N) is 2. The van der Waals surface area contributed by atoms with E-state index in [0.717, 1.165) is 6.20 Å². The molecule has 0 fully saturated rings. The third-order valence-corrected chi connectivity index (χ3v) is 6.63. The van der Waals surface area contributed by atoms with Crippen LogP contribution in [0.3, 0.4) is 0 Å². The molecule has 1 aliphatic rings. The molecule has 0 saturated heterocycles. The lowest BCUT2D eigenvalue weighted by Gasteiger charge is -2.20. The molecule has 2 heterocycles. The molecule has 0 bridgehead atoms. The number of esters is 1. The second-order valence-electron chi connectivity index (χ2n) is 8.25. The summed E-state index contributed by atoms with van der Waals surface area (Å²) in [5.74, 6) is -1.84. The number of amides is 1. The Hall–Kier alpha value is -3.89. The molecule has 3 N–H and O–H groups in total. The van der Waals surface area contributed by atoms with Gasteiger partial charge in [0.2, 0.25) is 18.4 Å². The van der Waals surface area contributed by atoms with Gasteiger partial charge in [-0.15, -0.1) is 0 Å². The Morgan fingerprint density at radius 1 is 1.18 bits per heavy atom. The Balaban J connectivity index is 1.73. The molecular weight excluding hydrogens is 539 g/mol. The Morgan fingerprint density at radius 3 is 2.68 bits per heavy atom. The summed E-state index contributed by atoms with van der Waals surface area (Å²) in [7, 11) is 1.44. The molecule has 38 heavy (non-hydrogen) atoms. The van der Waals surface area contributed by atoms with E-state index in [4.69, 9.17) is 42.1 Å². The van der Waals surface area contributed by atoms with Gasteiger partial charge < -0.3 is 34.4 Å². The highest BCUT2D eigenvalue weighted by molar-refractivity contribution is 6.42. The van der Waals surface area contributed by atoms with Gasteiger partial charge in [0.25, 0.3) is 5.56 Å². The summed E-state index contributed by atoms with van der Waals surface area (Å²) in [5, 5.41) is 14.5. The molecule has 12 heteroatoms. The maximum atomic E-state index is 13.1. The highest BCUT2D eigenvalue weighted by Gasteiger charge is 2.31. The van der Waals surface area contributed by atoms with Gasteiger partial charge in [-0.05, 0) is 42.3 Å². The molecule has 1 aliphatic heterocycles. The minimum atomic E-state index is -1.01. The molecule has 200 valence electrons. The second kappa shape index (κ2) is 11.7. The SMILES string of the molecule is CCOC(=O)c1c[nH]c(=O)c(C(CC(=O)NCc2ccc(Cl)c(Cl)c2)c2cc(OC)c3c(c2)OCO3)c1O. The van der Waals surface area contributed by atoms with Crippen LogP contribution < -0.4 is 25.1 Å². The third kappa shape index (κ3) is 5.66. The van der Waals surface area contributed by atoms with Crippen LogP contribution in [0.15, 0.2) is 41.3 Å². The van der Waals surface area contributed by atoms with Gasteiger partial charge in [-0.1, -0.05) is 29.3 Å². The first-order chi connectivity index (χ1) is 18.2. The lowest BCUT2D eigenvalue weighted by atomic mass is 9.87. The van der Waals surface area contributed by atoms with Gasteiger partial charge in [0.05, 0.1) is 29.3 Å². The van der Waals surface area contributed by atoms with Gasteiger partial charge >= 0.3 is 5.97 Å². The van der Waals surface area contributed by atoms with Crippen LogP contribution in [0.2, 0.25) is 10.0 Å². The quantitative estimate of drug-likeness (QED) is 0.331. The van der Waals surface area contributed by atoms with Crippen molar-refractivity contribution in [2.24, 2.45) is 0 Å². The van der Waals surface area contributed by atoms with Crippen LogP contribution in [-0.4, -0.2) is 42.5 Å². The van der Waals surface area contributed by atoms with Gasteiger partial charge in [-0.2, -0.15) is 0 Å². The van der Waals surface area contributed by atoms with Crippen molar-refractivity contribution in [2.45, 2.75) is 25.8 Å². The van der Waals surface area contributed by atoms with Crippen molar-refractivity contribution in [3.05, 3.63) is 79.2 Å². The average molecular weight is 563 g/mol. The van der Waals surface area contributed by atoms with Crippen LogP contribution in [0.25, 0.3) is 0 Å². The summed E-state index contributed by atoms with van der Waals surface area (Å²) >= 11 is 12.0. The molecule has 4 rings (SSSR count). The van der Waals surface area contributed by atoms with E-state index < -0.39 is 29.1 Å². The van der Waals surface area contributed by atoms with Crippen LogP contribution in [-0.2, 0) is 16.1 Å². The number of benzene rings is 2. The topological polar surface area (TPSA) is 136 Å². The Bertz CT molecular complexity index is 1440. The molecule has 0 saturated carbocycles. The number of H-pyrrole nitrogens is 1. The molecule has 1 atom stereocenters. The summed E-state index contributed by atoms with van der Waals surface area (Å²) in [6.45, 7) is 1.78. The fourth-order valence-corrected chi connectivity index (χ4v) is 4.39. The Labute approximate surface area is 227 Å². The van der Waals surface area contributed by atoms with Crippen LogP contribution in [0, 0.1) is 0 Å². The molecule has 1 aromatic heterocycles. The fraction of sp³-hybridized carbons (Fsp3) is 0.269. The number of methoxy groups -OCH3 is 1. The van der Waals surface area contributed by atoms with Crippen molar-refractivity contribution < 1.29 is 33.6 Å². The van der Waals surface area contributed by atoms with E-state index >= 15 is 0 Å². The van der Waals surface area contributed by atoms with Crippen LogP contribution in [0.4, 0.5) is 0 Å². The summed E-state index contributed by atoms with van der Waals surface area (Å²) in [5.41, 5.74) is 0.00245. The molecule has 1 unspecified atom stereocenters. The number of fused-ring (bicyclic) bond motifs is 1. The minimum Gasteiger partial charge on any atom is -0.506 e. The highest BCUT2D eigenvalue weighted by atomic mass is 35.5. The number of hydrogen-bond acceptors (Lipinski definition) is 8. The van der Waals surface area contributed by atoms with E-state index in [-0.39, 0.29) is 37.5 Å². The van der Waals surface area contributed by atoms with Crippen molar-refractivity contribution in [2.75, 3.05) is 20.5 Å².